The van der Waals surface area contributed by atoms with Gasteiger partial charge in [-0.3, -0.25) is 0 Å². The van der Waals surface area contributed by atoms with Crippen molar-refractivity contribution >= 4 is 11.3 Å². The molecule has 2 aromatic rings. The Morgan fingerprint density at radius 1 is 1.58 bits per heavy atom. The molecule has 2 N–H and O–H groups in total. The quantitative estimate of drug-likeness (QED) is 0.743. The zero-order valence-corrected chi connectivity index (χ0v) is 7.16. The van der Waals surface area contributed by atoms with Crippen molar-refractivity contribution in [1.82, 2.24) is 15.0 Å². The lowest BCUT2D eigenvalue weighted by molar-refractivity contribution is 0.799. The van der Waals surface area contributed by atoms with Crippen LogP contribution in [0.5, 0.6) is 0 Å². The number of rotatable bonds is 2. The second kappa shape index (κ2) is 3.04. The molecule has 2 heterocycles. The first-order valence-corrected chi connectivity index (χ1v) is 4.48. The maximum Gasteiger partial charge on any atom is 0.0967 e. The summed E-state index contributed by atoms with van der Waals surface area (Å²) in [6.07, 6.45) is 1.84. The van der Waals surface area contributed by atoms with Crippen LogP contribution < -0.4 is 5.73 Å². The van der Waals surface area contributed by atoms with E-state index in [2.05, 4.69) is 10.3 Å². The molecular formula is C7H8N4S. The molecular weight excluding hydrogens is 172 g/mol. The van der Waals surface area contributed by atoms with Gasteiger partial charge in [-0.2, -0.15) is 11.3 Å². The molecule has 5 heteroatoms. The Hall–Kier alpha value is -1.20. The van der Waals surface area contributed by atoms with Crippen molar-refractivity contribution in [3.8, 4) is 5.69 Å². The molecule has 12 heavy (non-hydrogen) atoms. The van der Waals surface area contributed by atoms with Crippen LogP contribution in [-0.4, -0.2) is 15.0 Å². The predicted octanol–water partition coefficient (Wildman–Crippen LogP) is 0.787. The summed E-state index contributed by atoms with van der Waals surface area (Å²) in [5.74, 6) is 0. The molecule has 0 aliphatic carbocycles. The van der Waals surface area contributed by atoms with Gasteiger partial charge in [-0.1, -0.05) is 5.21 Å². The van der Waals surface area contributed by atoms with Crippen LogP contribution in [0.25, 0.3) is 5.69 Å². The molecule has 0 spiro atoms. The maximum absolute atomic E-state index is 5.40. The van der Waals surface area contributed by atoms with Gasteiger partial charge >= 0.3 is 0 Å². The summed E-state index contributed by atoms with van der Waals surface area (Å²) < 4.78 is 1.72. The Balaban J connectivity index is 2.35. The highest BCUT2D eigenvalue weighted by Gasteiger charge is 1.99. The summed E-state index contributed by atoms with van der Waals surface area (Å²) in [5.41, 5.74) is 7.24. The van der Waals surface area contributed by atoms with Gasteiger partial charge in [0.2, 0.25) is 0 Å². The fraction of sp³-hybridized carbons (Fsp3) is 0.143. The van der Waals surface area contributed by atoms with E-state index in [1.54, 1.807) is 16.0 Å². The van der Waals surface area contributed by atoms with E-state index < -0.39 is 0 Å². The first kappa shape index (κ1) is 7.45. The van der Waals surface area contributed by atoms with Crippen LogP contribution in [0, 0.1) is 0 Å². The van der Waals surface area contributed by atoms with E-state index in [1.165, 1.54) is 0 Å². The summed E-state index contributed by atoms with van der Waals surface area (Å²) >= 11 is 1.63. The third-order valence-electron chi connectivity index (χ3n) is 1.52. The predicted molar refractivity (Wildman–Crippen MR) is 47.1 cm³/mol. The average Bonchev–Trinajstić information content (AvgIpc) is 2.75. The van der Waals surface area contributed by atoms with E-state index in [4.69, 9.17) is 5.73 Å². The van der Waals surface area contributed by atoms with Gasteiger partial charge in [0.05, 0.1) is 17.6 Å². The minimum absolute atomic E-state index is 0.435. The molecule has 2 aromatic heterocycles. The molecule has 2 rings (SSSR count). The fourth-order valence-corrected chi connectivity index (χ4v) is 1.53. The van der Waals surface area contributed by atoms with Crippen molar-refractivity contribution in [3.63, 3.8) is 0 Å². The zero-order chi connectivity index (χ0) is 8.39. The molecule has 0 aliphatic rings. The number of hydrogen-bond acceptors (Lipinski definition) is 4. The minimum Gasteiger partial charge on any atom is -0.325 e. The van der Waals surface area contributed by atoms with Crippen molar-refractivity contribution in [3.05, 3.63) is 28.7 Å². The van der Waals surface area contributed by atoms with Crippen molar-refractivity contribution in [1.29, 1.82) is 0 Å². The summed E-state index contributed by atoms with van der Waals surface area (Å²) in [6, 6.07) is 1.99. The van der Waals surface area contributed by atoms with Crippen LogP contribution in [0.2, 0.25) is 0 Å². The molecule has 0 fully saturated rings. The Labute approximate surface area is 73.6 Å². The zero-order valence-electron chi connectivity index (χ0n) is 6.34. The van der Waals surface area contributed by atoms with Gasteiger partial charge in [-0.15, -0.1) is 5.10 Å². The highest BCUT2D eigenvalue weighted by Crippen LogP contribution is 2.10. The fourth-order valence-electron chi connectivity index (χ4n) is 0.906. The van der Waals surface area contributed by atoms with Crippen molar-refractivity contribution in [2.24, 2.45) is 5.73 Å². The van der Waals surface area contributed by atoms with E-state index in [9.17, 15) is 0 Å². The van der Waals surface area contributed by atoms with Gasteiger partial charge in [-0.25, -0.2) is 4.68 Å². The molecule has 0 saturated heterocycles. The molecule has 0 radical (unpaired) electrons. The van der Waals surface area contributed by atoms with Gasteiger partial charge < -0.3 is 5.73 Å². The largest absolute Gasteiger partial charge is 0.325 e. The minimum atomic E-state index is 0.435. The SMILES string of the molecule is NCc1cn(-c2ccsc2)nn1. The number of nitrogens with zero attached hydrogens (tertiary/aromatic N) is 3. The third kappa shape index (κ3) is 1.24. The van der Waals surface area contributed by atoms with Crippen molar-refractivity contribution < 1.29 is 0 Å². The average molecular weight is 180 g/mol. The molecule has 62 valence electrons. The first-order valence-electron chi connectivity index (χ1n) is 3.54. The Morgan fingerprint density at radius 3 is 3.08 bits per heavy atom. The maximum atomic E-state index is 5.40. The van der Waals surface area contributed by atoms with Crippen LogP contribution in [0.15, 0.2) is 23.0 Å². The molecule has 0 unspecified atom stereocenters. The van der Waals surface area contributed by atoms with E-state index in [0.29, 0.717) is 6.54 Å². The van der Waals surface area contributed by atoms with E-state index in [0.717, 1.165) is 11.4 Å². The van der Waals surface area contributed by atoms with E-state index in [1.807, 2.05) is 23.0 Å². The van der Waals surface area contributed by atoms with Gasteiger partial charge in [0.15, 0.2) is 0 Å². The summed E-state index contributed by atoms with van der Waals surface area (Å²) in [7, 11) is 0. The molecule has 0 atom stereocenters. The lowest BCUT2D eigenvalue weighted by Crippen LogP contribution is -1.95. The van der Waals surface area contributed by atoms with E-state index in [-0.39, 0.29) is 0 Å². The monoisotopic (exact) mass is 180 g/mol. The second-order valence-electron chi connectivity index (χ2n) is 2.34. The van der Waals surface area contributed by atoms with E-state index >= 15 is 0 Å². The normalized spacial score (nSPS) is 10.4. The van der Waals surface area contributed by atoms with Gasteiger partial charge in [0.25, 0.3) is 0 Å². The molecule has 0 aromatic carbocycles. The Morgan fingerprint density at radius 2 is 2.50 bits per heavy atom. The molecule has 0 saturated carbocycles. The topological polar surface area (TPSA) is 56.7 Å². The van der Waals surface area contributed by atoms with Crippen LogP contribution in [0.1, 0.15) is 5.69 Å². The Kier molecular flexibility index (Phi) is 1.89. The first-order chi connectivity index (χ1) is 5.90. The molecule has 0 amide bonds. The lowest BCUT2D eigenvalue weighted by atomic mass is 10.5. The number of aromatic nitrogens is 3. The standard InChI is InChI=1S/C7H8N4S/c8-3-6-4-11(10-9-6)7-1-2-12-5-7/h1-2,4-5H,3,8H2. The molecule has 0 bridgehead atoms. The number of thiophene rings is 1. The van der Waals surface area contributed by atoms with Crippen molar-refractivity contribution in [2.45, 2.75) is 6.54 Å². The Bertz CT molecular complexity index is 351. The van der Waals surface area contributed by atoms with Crippen LogP contribution >= 0.6 is 11.3 Å². The number of hydrogen-bond donors (Lipinski definition) is 1. The smallest absolute Gasteiger partial charge is 0.0967 e. The van der Waals surface area contributed by atoms with Gasteiger partial charge in [0.1, 0.15) is 0 Å². The van der Waals surface area contributed by atoms with Crippen molar-refractivity contribution in [2.75, 3.05) is 0 Å². The van der Waals surface area contributed by atoms with Crippen LogP contribution in [-0.2, 0) is 6.54 Å². The van der Waals surface area contributed by atoms with Gasteiger partial charge in [0, 0.05) is 11.9 Å². The summed E-state index contributed by atoms with van der Waals surface area (Å²) in [5, 5.41) is 11.8. The lowest BCUT2D eigenvalue weighted by Gasteiger charge is -1.90. The second-order valence-corrected chi connectivity index (χ2v) is 3.12. The summed E-state index contributed by atoms with van der Waals surface area (Å²) in [4.78, 5) is 0. The molecule has 4 nitrogen and oxygen atoms in total. The van der Waals surface area contributed by atoms with Gasteiger partial charge in [-0.05, 0) is 11.4 Å². The molecule has 0 aliphatic heterocycles. The number of nitrogens with two attached hydrogens (primary N) is 1. The van der Waals surface area contributed by atoms with Crippen LogP contribution in [0.3, 0.4) is 0 Å². The highest BCUT2D eigenvalue weighted by molar-refractivity contribution is 7.08. The highest BCUT2D eigenvalue weighted by atomic mass is 32.1. The third-order valence-corrected chi connectivity index (χ3v) is 2.19. The van der Waals surface area contributed by atoms with Crippen LogP contribution in [0.4, 0.5) is 0 Å². The summed E-state index contributed by atoms with van der Waals surface area (Å²) in [6.45, 7) is 0.435.